The van der Waals surface area contributed by atoms with Gasteiger partial charge in [-0.2, -0.15) is 0 Å². The molecule has 93 heavy (non-hydrogen) atoms. The van der Waals surface area contributed by atoms with E-state index in [4.69, 9.17) is 56.8 Å². The Labute approximate surface area is 537 Å². The number of carbonyl (C=O) groups is 3. The predicted molar refractivity (Wildman–Crippen MR) is 308 cm³/mol. The molecule has 30 heteroatoms. The van der Waals surface area contributed by atoms with Crippen LogP contribution < -0.4 is 0 Å². The number of hydrogen-bond acceptors (Lipinski definition) is 30. The van der Waals surface area contributed by atoms with E-state index in [0.29, 0.717) is 32.1 Å². The fourth-order valence-electron chi connectivity index (χ4n) is 18.6. The van der Waals surface area contributed by atoms with Crippen LogP contribution in [-0.4, -0.2) is 287 Å². The molecule has 17 aliphatic rings. The summed E-state index contributed by atoms with van der Waals surface area (Å²) in [6.07, 6.45) is -41.1. The maximum Gasteiger partial charge on any atom is 0.317 e. The molecule has 0 aromatic heterocycles. The number of allylic oxidation sites excluding steroid dienone is 2. The molecular weight excluding hydrogens is 1240 g/mol. The third-order valence-electron chi connectivity index (χ3n) is 24.0. The van der Waals surface area contributed by atoms with Crippen LogP contribution in [0, 0.1) is 50.2 Å². The van der Waals surface area contributed by atoms with E-state index in [0.717, 1.165) is 12.5 Å². The molecule has 17 rings (SSSR count). The number of rotatable bonds is 4. The maximum absolute atomic E-state index is 15.7. The molecule has 30 nitrogen and oxygen atoms in total. The molecule has 0 unspecified atom stereocenters. The average Bonchev–Trinajstić information content (AvgIpc) is 0.671. The number of hydrogen-bond donors (Lipinski definition) is 15. The Morgan fingerprint density at radius 1 is 0.570 bits per heavy atom. The summed E-state index contributed by atoms with van der Waals surface area (Å²) < 4.78 is 72.0. The summed E-state index contributed by atoms with van der Waals surface area (Å²) in [4.78, 5) is 43.1. The van der Waals surface area contributed by atoms with E-state index in [9.17, 15) is 86.2 Å². The first-order valence-electron chi connectivity index (χ1n) is 32.7. The SMILES string of the molecule is C[C@@H]1O[C@H]2O[C@H]3[C@@H](OC[C@H](O)[C@@H]3O)OC(=O)[C@]34CCC(C)(C)C[C@H]3C3=CC[C@@H]5[C@@]6(C)C[C@H](O)[C@H](O[C@@H]7O[C@H](CO)[C@@H](O)[C@H](O)[C@H]7O[C@@H]7OC[C@H](OC(=O)C[C@@](C)(O)CC(=O)O[C@@H]1[C@@H](O[C@@H]1OC[C@@H](O)[C@H](O)[C@H]1O)[C@H]2O)[C@H](O)[C@H]7O)[C@@](C)(CO)[C@@H]6CC[C@@]5(C)[C@]3(C)C[C@H]4O. The van der Waals surface area contributed by atoms with E-state index in [1.165, 1.54) is 6.92 Å². The first-order valence-corrected chi connectivity index (χ1v) is 32.7. The van der Waals surface area contributed by atoms with Gasteiger partial charge in [-0.1, -0.05) is 53.2 Å². The molecule has 15 N–H and O–H groups in total. The van der Waals surface area contributed by atoms with Gasteiger partial charge in [0.15, 0.2) is 43.5 Å². The van der Waals surface area contributed by atoms with Gasteiger partial charge in [-0.15, -0.1) is 0 Å². The van der Waals surface area contributed by atoms with Crippen LogP contribution in [0.25, 0.3) is 0 Å². The van der Waals surface area contributed by atoms with E-state index >= 15 is 4.79 Å². The minimum atomic E-state index is -2.31. The summed E-state index contributed by atoms with van der Waals surface area (Å²) in [5, 5.41) is 172. The zero-order valence-corrected chi connectivity index (χ0v) is 53.7. The van der Waals surface area contributed by atoms with Gasteiger partial charge in [0.1, 0.15) is 84.8 Å². The van der Waals surface area contributed by atoms with Crippen molar-refractivity contribution in [3.05, 3.63) is 11.6 Å². The average molecular weight is 1340 g/mol. The monoisotopic (exact) mass is 1330 g/mol. The maximum atomic E-state index is 15.7. The third-order valence-corrected chi connectivity index (χ3v) is 24.0. The third kappa shape index (κ3) is 12.3. The summed E-state index contributed by atoms with van der Waals surface area (Å²) in [5.74, 6) is -4.65. The molecule has 0 aromatic carbocycles. The standard InChI is InChI=1S/C63H98O30/c1-25-46-47(89-51-43(77)38(72)29(67)21-82-51)45(79)53(85-25)91-48-39(73)30(68)22-83-54(48)93-56(80)63-14-13-57(2,3)15-27(63)26-9-10-34-59(5)16-28(66)50(60(6,24-65)33(59)11-12-61(34,7)62(26,8)17-35(63)69)92-55-49(42(76)40(74)31(20-64)87-55)90-52-44(78)41(75)32(23-84-52)86-36(70)18-58(4,81)19-37(71)88-46/h9,25,27-35,38-55,64-69,72-79,81H,10-24H2,1-8H3/t25-,27-,28-,29+,30-,31+,32-,33+,34+,35+,38-,39-,40+,41-,42-,43+,44+,45+,46-,47-,48+,49+,50-,51-,52-,53-,54-,55-,58+,59-,60-,61+,62+,63+/m0/s1. The van der Waals surface area contributed by atoms with Crippen LogP contribution in [0.2, 0.25) is 0 Å². The molecule has 530 valence electrons. The molecule has 4 saturated carbocycles. The van der Waals surface area contributed by atoms with Crippen LogP contribution in [-0.2, 0) is 71.2 Å². The highest BCUT2D eigenvalue weighted by molar-refractivity contribution is 5.80. The summed E-state index contributed by atoms with van der Waals surface area (Å²) >= 11 is 0. The Balaban J connectivity index is 0.961. The molecule has 12 fully saturated rings. The topological polar surface area (TPSA) is 465 Å². The fourth-order valence-corrected chi connectivity index (χ4v) is 18.6. The second-order valence-electron chi connectivity index (χ2n) is 30.6. The van der Waals surface area contributed by atoms with Crippen LogP contribution in [0.5, 0.6) is 0 Å². The molecule has 12 aliphatic heterocycles. The van der Waals surface area contributed by atoms with Crippen LogP contribution >= 0.6 is 0 Å². The van der Waals surface area contributed by atoms with Crippen LogP contribution in [0.4, 0.5) is 0 Å². The number of esters is 3. The van der Waals surface area contributed by atoms with Crippen molar-refractivity contribution < 1.29 is 148 Å². The van der Waals surface area contributed by atoms with Crippen molar-refractivity contribution in [3.63, 3.8) is 0 Å². The fraction of sp³-hybridized carbons (Fsp3) is 0.921. The molecule has 1 spiro atoms. The summed E-state index contributed by atoms with van der Waals surface area (Å²) in [5.41, 5.74) is -6.89. The van der Waals surface area contributed by atoms with Gasteiger partial charge in [0.25, 0.3) is 0 Å². The molecule has 5 aliphatic carbocycles. The summed E-state index contributed by atoms with van der Waals surface area (Å²) in [6.45, 7) is 11.5. The normalized spacial score (nSPS) is 54.8. The molecule has 0 amide bonds. The van der Waals surface area contributed by atoms with Crippen molar-refractivity contribution in [1.29, 1.82) is 0 Å². The lowest BCUT2D eigenvalue weighted by molar-refractivity contribution is -0.377. The van der Waals surface area contributed by atoms with Crippen molar-refractivity contribution >= 4 is 17.9 Å². The first kappa shape index (κ1) is 71.5. The van der Waals surface area contributed by atoms with Gasteiger partial charge in [-0.05, 0) is 105 Å². The van der Waals surface area contributed by atoms with Gasteiger partial charge in [0.2, 0.25) is 6.29 Å². The zero-order valence-electron chi connectivity index (χ0n) is 53.7. The van der Waals surface area contributed by atoms with Gasteiger partial charge < -0.3 is 133 Å². The number of ether oxygens (including phenoxy) is 12. The number of carbonyl (C=O) groups excluding carboxylic acids is 3. The Morgan fingerprint density at radius 2 is 1.22 bits per heavy atom. The van der Waals surface area contributed by atoms with Gasteiger partial charge in [0.05, 0.1) is 75.9 Å². The highest BCUT2D eigenvalue weighted by Crippen LogP contribution is 2.76. The molecule has 12 bridgehead atoms. The molecule has 34 atom stereocenters. The smallest absolute Gasteiger partial charge is 0.317 e. The lowest BCUT2D eigenvalue weighted by Crippen LogP contribution is -2.71. The Kier molecular flexibility index (Phi) is 20.0. The molecular formula is C63H98O30. The Hall–Kier alpha value is -2.81. The molecule has 0 radical (unpaired) electrons. The zero-order chi connectivity index (χ0) is 67.8. The lowest BCUT2D eigenvalue weighted by atomic mass is 9.33. The quantitative estimate of drug-likeness (QED) is 0.0557. The first-order chi connectivity index (χ1) is 43.5. The summed E-state index contributed by atoms with van der Waals surface area (Å²) in [7, 11) is 0. The van der Waals surface area contributed by atoms with Crippen LogP contribution in [0.15, 0.2) is 11.6 Å². The van der Waals surface area contributed by atoms with E-state index in [-0.39, 0.29) is 30.6 Å². The van der Waals surface area contributed by atoms with Crippen molar-refractivity contribution in [2.75, 3.05) is 33.0 Å². The number of aliphatic hydroxyl groups is 15. The molecule has 8 saturated heterocycles. The highest BCUT2D eigenvalue weighted by Gasteiger charge is 2.73. The van der Waals surface area contributed by atoms with Crippen molar-refractivity contribution in [3.8, 4) is 0 Å². The van der Waals surface area contributed by atoms with Crippen molar-refractivity contribution in [1.82, 2.24) is 0 Å². The van der Waals surface area contributed by atoms with Crippen LogP contribution in [0.1, 0.15) is 120 Å². The summed E-state index contributed by atoms with van der Waals surface area (Å²) in [6, 6.07) is 0. The van der Waals surface area contributed by atoms with Crippen LogP contribution in [0.3, 0.4) is 0 Å². The van der Waals surface area contributed by atoms with E-state index < -0.39 is 262 Å². The highest BCUT2D eigenvalue weighted by atomic mass is 16.8. The molecule has 0 aromatic rings. The van der Waals surface area contributed by atoms with Crippen molar-refractivity contribution in [2.45, 2.75) is 279 Å². The van der Waals surface area contributed by atoms with Gasteiger partial charge in [-0.3, -0.25) is 14.4 Å². The second-order valence-corrected chi connectivity index (χ2v) is 30.6. The van der Waals surface area contributed by atoms with Crippen molar-refractivity contribution in [2.24, 2.45) is 50.2 Å². The van der Waals surface area contributed by atoms with Gasteiger partial charge in [0, 0.05) is 5.41 Å². The Bertz CT molecular complexity index is 2740. The van der Waals surface area contributed by atoms with E-state index in [1.807, 2.05) is 0 Å². The minimum Gasteiger partial charge on any atom is -0.457 e. The minimum absolute atomic E-state index is 0.0693. The number of aliphatic hydroxyl groups excluding tert-OH is 14. The van der Waals surface area contributed by atoms with Gasteiger partial charge >= 0.3 is 17.9 Å². The predicted octanol–water partition coefficient (Wildman–Crippen LogP) is -3.71. The van der Waals surface area contributed by atoms with E-state index in [2.05, 4.69) is 40.7 Å². The Morgan fingerprint density at radius 3 is 1.90 bits per heavy atom. The lowest BCUT2D eigenvalue weighted by Gasteiger charge is -2.72. The second kappa shape index (κ2) is 26.0. The van der Waals surface area contributed by atoms with Gasteiger partial charge in [-0.25, -0.2) is 0 Å². The van der Waals surface area contributed by atoms with E-state index in [1.54, 1.807) is 6.92 Å². The molecule has 12 heterocycles. The largest absolute Gasteiger partial charge is 0.457 e.